The topological polar surface area (TPSA) is 75.6 Å². The van der Waals surface area contributed by atoms with Gasteiger partial charge in [-0.25, -0.2) is 13.1 Å². The van der Waals surface area contributed by atoms with Crippen molar-refractivity contribution in [2.45, 2.75) is 31.1 Å². The highest BCUT2D eigenvalue weighted by atomic mass is 32.2. The summed E-state index contributed by atoms with van der Waals surface area (Å²) in [5.41, 5.74) is 0. The molecule has 21 heavy (non-hydrogen) atoms. The Hall–Kier alpha value is -1.32. The van der Waals surface area contributed by atoms with Crippen LogP contribution in [-0.2, 0) is 10.0 Å². The van der Waals surface area contributed by atoms with E-state index in [0.29, 0.717) is 0 Å². The predicted molar refractivity (Wildman–Crippen MR) is 69.2 cm³/mol. The second kappa shape index (κ2) is 6.63. The van der Waals surface area contributed by atoms with Crippen molar-refractivity contribution in [3.63, 3.8) is 0 Å². The maximum absolute atomic E-state index is 12.1. The summed E-state index contributed by atoms with van der Waals surface area (Å²) in [7, 11) is -4.05. The van der Waals surface area contributed by atoms with E-state index in [1.807, 2.05) is 0 Å². The Morgan fingerprint density at radius 1 is 1.33 bits per heavy atom. The number of aliphatic hydroxyl groups is 1. The Labute approximate surface area is 120 Å². The van der Waals surface area contributed by atoms with Crippen molar-refractivity contribution in [3.8, 4) is 5.75 Å². The number of hydrogen-bond donors (Lipinski definition) is 2. The SMILES string of the molecule is CC(C)[C@@H](CO)NS(=O)(=O)c1cccc(OC(F)(F)F)c1. The van der Waals surface area contributed by atoms with Crippen molar-refractivity contribution in [1.29, 1.82) is 0 Å². The minimum absolute atomic E-state index is 0.181. The molecule has 0 spiro atoms. The molecule has 5 nitrogen and oxygen atoms in total. The summed E-state index contributed by atoms with van der Waals surface area (Å²) in [6.45, 7) is 2.98. The number of halogens is 3. The predicted octanol–water partition coefficient (Wildman–Crippen LogP) is 1.88. The van der Waals surface area contributed by atoms with Crippen LogP contribution in [0, 0.1) is 5.92 Å². The maximum Gasteiger partial charge on any atom is 0.573 e. The lowest BCUT2D eigenvalue weighted by atomic mass is 10.1. The van der Waals surface area contributed by atoms with Gasteiger partial charge in [0.05, 0.1) is 11.5 Å². The van der Waals surface area contributed by atoms with E-state index in [1.165, 1.54) is 0 Å². The first-order chi connectivity index (χ1) is 9.55. The van der Waals surface area contributed by atoms with Crippen LogP contribution < -0.4 is 9.46 Å². The zero-order chi connectivity index (χ0) is 16.3. The average molecular weight is 327 g/mol. The van der Waals surface area contributed by atoms with Crippen LogP contribution in [-0.4, -0.2) is 32.5 Å². The van der Waals surface area contributed by atoms with Gasteiger partial charge in [-0.3, -0.25) is 0 Å². The summed E-state index contributed by atoms with van der Waals surface area (Å²) in [4.78, 5) is -0.372. The summed E-state index contributed by atoms with van der Waals surface area (Å²) in [6.07, 6.45) is -4.90. The highest BCUT2D eigenvalue weighted by molar-refractivity contribution is 7.89. The third-order valence-corrected chi connectivity index (χ3v) is 4.14. The number of nitrogens with one attached hydrogen (secondary N) is 1. The summed E-state index contributed by atoms with van der Waals surface area (Å²) < 4.78 is 66.4. The van der Waals surface area contributed by atoms with E-state index in [2.05, 4.69) is 9.46 Å². The minimum Gasteiger partial charge on any atom is -0.406 e. The second-order valence-electron chi connectivity index (χ2n) is 4.68. The van der Waals surface area contributed by atoms with Crippen molar-refractivity contribution in [1.82, 2.24) is 4.72 Å². The second-order valence-corrected chi connectivity index (χ2v) is 6.39. The van der Waals surface area contributed by atoms with Crippen LogP contribution in [0.5, 0.6) is 5.75 Å². The van der Waals surface area contributed by atoms with E-state index in [9.17, 15) is 21.6 Å². The molecule has 2 N–H and O–H groups in total. The molecule has 120 valence electrons. The summed E-state index contributed by atoms with van der Waals surface area (Å²) in [6, 6.07) is 3.31. The summed E-state index contributed by atoms with van der Waals surface area (Å²) >= 11 is 0. The average Bonchev–Trinajstić information content (AvgIpc) is 2.34. The number of alkyl halides is 3. The molecule has 0 unspecified atom stereocenters. The van der Waals surface area contributed by atoms with Crippen LogP contribution in [0.3, 0.4) is 0 Å². The number of rotatable bonds is 6. The zero-order valence-electron chi connectivity index (χ0n) is 11.4. The Bertz CT molecular complexity index is 572. The van der Waals surface area contributed by atoms with Gasteiger partial charge in [-0.2, -0.15) is 0 Å². The van der Waals surface area contributed by atoms with E-state index in [-0.39, 0.29) is 10.8 Å². The summed E-state index contributed by atoms with van der Waals surface area (Å²) in [5, 5.41) is 9.11. The minimum atomic E-state index is -4.90. The Morgan fingerprint density at radius 3 is 2.43 bits per heavy atom. The van der Waals surface area contributed by atoms with Gasteiger partial charge in [0.1, 0.15) is 5.75 Å². The molecule has 1 rings (SSSR count). The molecule has 0 radical (unpaired) electrons. The Balaban J connectivity index is 3.01. The first-order valence-corrected chi connectivity index (χ1v) is 7.52. The molecule has 0 fully saturated rings. The standard InChI is InChI=1S/C12H16F3NO4S/c1-8(2)11(7-17)16-21(18,19)10-5-3-4-9(6-10)20-12(13,14)15/h3-6,8,11,16-17H,7H2,1-2H3/t11-/m1/s1. The molecule has 0 saturated carbocycles. The molecule has 0 bridgehead atoms. The molecule has 0 saturated heterocycles. The molecule has 0 aliphatic heterocycles. The molecule has 1 aromatic rings. The molecule has 1 atom stereocenters. The lowest BCUT2D eigenvalue weighted by molar-refractivity contribution is -0.274. The fraction of sp³-hybridized carbons (Fsp3) is 0.500. The van der Waals surface area contributed by atoms with E-state index in [4.69, 9.17) is 5.11 Å². The molecule has 0 aliphatic carbocycles. The van der Waals surface area contributed by atoms with Crippen molar-refractivity contribution >= 4 is 10.0 Å². The first-order valence-electron chi connectivity index (χ1n) is 6.04. The van der Waals surface area contributed by atoms with Gasteiger partial charge in [-0.1, -0.05) is 19.9 Å². The van der Waals surface area contributed by atoms with E-state index >= 15 is 0 Å². The number of benzene rings is 1. The molecule has 9 heteroatoms. The van der Waals surface area contributed by atoms with Gasteiger partial charge in [0, 0.05) is 12.1 Å². The monoisotopic (exact) mass is 327 g/mol. The summed E-state index contributed by atoms with van der Waals surface area (Å²) in [5.74, 6) is -0.810. The highest BCUT2D eigenvalue weighted by Crippen LogP contribution is 2.25. The molecule has 1 aromatic carbocycles. The Kier molecular flexibility index (Phi) is 5.60. The van der Waals surface area contributed by atoms with Gasteiger partial charge in [-0.15, -0.1) is 13.2 Å². The van der Waals surface area contributed by atoms with Crippen LogP contribution in [0.2, 0.25) is 0 Å². The number of hydrogen-bond acceptors (Lipinski definition) is 4. The molecule has 0 amide bonds. The molecule has 0 aliphatic rings. The quantitative estimate of drug-likeness (QED) is 0.836. The lowest BCUT2D eigenvalue weighted by Crippen LogP contribution is -2.41. The number of ether oxygens (including phenoxy) is 1. The van der Waals surface area contributed by atoms with Crippen LogP contribution in [0.25, 0.3) is 0 Å². The fourth-order valence-corrected chi connectivity index (χ4v) is 2.90. The maximum atomic E-state index is 12.1. The Morgan fingerprint density at radius 2 is 1.95 bits per heavy atom. The van der Waals surface area contributed by atoms with E-state index in [0.717, 1.165) is 24.3 Å². The smallest absolute Gasteiger partial charge is 0.406 e. The van der Waals surface area contributed by atoms with Crippen molar-refractivity contribution in [2.24, 2.45) is 5.92 Å². The highest BCUT2D eigenvalue weighted by Gasteiger charge is 2.31. The van der Waals surface area contributed by atoms with Gasteiger partial charge in [0.25, 0.3) is 0 Å². The third-order valence-electron chi connectivity index (χ3n) is 2.66. The van der Waals surface area contributed by atoms with Gasteiger partial charge in [0.2, 0.25) is 10.0 Å². The van der Waals surface area contributed by atoms with Crippen molar-refractivity contribution in [3.05, 3.63) is 24.3 Å². The zero-order valence-corrected chi connectivity index (χ0v) is 12.2. The van der Waals surface area contributed by atoms with Crippen LogP contribution >= 0.6 is 0 Å². The largest absolute Gasteiger partial charge is 0.573 e. The molecular formula is C12H16F3NO4S. The lowest BCUT2D eigenvalue weighted by Gasteiger charge is -2.20. The molecule has 0 heterocycles. The molecular weight excluding hydrogens is 311 g/mol. The van der Waals surface area contributed by atoms with Gasteiger partial charge in [-0.05, 0) is 18.1 Å². The van der Waals surface area contributed by atoms with E-state index < -0.39 is 34.8 Å². The van der Waals surface area contributed by atoms with Crippen LogP contribution in [0.1, 0.15) is 13.8 Å². The molecule has 0 aromatic heterocycles. The number of sulfonamides is 1. The van der Waals surface area contributed by atoms with Crippen LogP contribution in [0.15, 0.2) is 29.2 Å². The van der Waals surface area contributed by atoms with Gasteiger partial charge >= 0.3 is 6.36 Å². The normalized spacial score (nSPS) is 14.2. The van der Waals surface area contributed by atoms with E-state index in [1.54, 1.807) is 13.8 Å². The van der Waals surface area contributed by atoms with Crippen molar-refractivity contribution < 1.29 is 31.4 Å². The van der Waals surface area contributed by atoms with Gasteiger partial charge < -0.3 is 9.84 Å². The fourth-order valence-electron chi connectivity index (χ4n) is 1.49. The first kappa shape index (κ1) is 17.7. The third kappa shape index (κ3) is 5.52. The number of aliphatic hydroxyl groups excluding tert-OH is 1. The van der Waals surface area contributed by atoms with Gasteiger partial charge in [0.15, 0.2) is 0 Å². The van der Waals surface area contributed by atoms with Crippen LogP contribution in [0.4, 0.5) is 13.2 Å². The van der Waals surface area contributed by atoms with Crippen molar-refractivity contribution in [2.75, 3.05) is 6.61 Å².